The topological polar surface area (TPSA) is 88.5 Å². The fraction of sp³-hybridized carbons (Fsp3) is 0.417. The zero-order valence-electron chi connectivity index (χ0n) is 10.3. The zero-order valence-corrected chi connectivity index (χ0v) is 10.3. The molecule has 1 rings (SSSR count). The normalized spacial score (nSPS) is 11.7. The van der Waals surface area contributed by atoms with Crippen LogP contribution >= 0.6 is 0 Å². The number of carboxylic acids is 1. The smallest absolute Gasteiger partial charge is 0.341 e. The van der Waals surface area contributed by atoms with Gasteiger partial charge in [-0.2, -0.15) is 0 Å². The van der Waals surface area contributed by atoms with Crippen molar-refractivity contribution in [3.05, 3.63) is 23.9 Å². The van der Waals surface area contributed by atoms with Crippen LogP contribution in [0.15, 0.2) is 18.3 Å². The molecule has 6 nitrogen and oxygen atoms in total. The molecule has 18 heavy (non-hydrogen) atoms. The number of nitrogens with zero attached hydrogens (tertiary/aromatic N) is 1. The maximum absolute atomic E-state index is 11.5. The fourth-order valence-corrected chi connectivity index (χ4v) is 1.46. The lowest BCUT2D eigenvalue weighted by atomic mass is 10.1. The molecule has 0 saturated carbocycles. The maximum atomic E-state index is 11.5. The molecule has 0 aliphatic rings. The first-order valence-corrected chi connectivity index (χ1v) is 5.53. The van der Waals surface area contributed by atoms with E-state index in [1.54, 1.807) is 18.3 Å². The van der Waals surface area contributed by atoms with Crippen molar-refractivity contribution in [1.29, 1.82) is 0 Å². The lowest BCUT2D eigenvalue weighted by Crippen LogP contribution is -2.17. The van der Waals surface area contributed by atoms with Crippen LogP contribution in [0, 0.1) is 5.92 Å². The third-order valence-corrected chi connectivity index (χ3v) is 2.35. The summed E-state index contributed by atoms with van der Waals surface area (Å²) in [6.07, 6.45) is 1.62. The Bertz CT molecular complexity index is 434. The van der Waals surface area contributed by atoms with Crippen LogP contribution in [0.25, 0.3) is 0 Å². The maximum Gasteiger partial charge on any atom is 0.341 e. The van der Waals surface area contributed by atoms with E-state index in [9.17, 15) is 9.59 Å². The van der Waals surface area contributed by atoms with Gasteiger partial charge in [-0.05, 0) is 18.1 Å². The van der Waals surface area contributed by atoms with Gasteiger partial charge in [0.1, 0.15) is 11.4 Å². The van der Waals surface area contributed by atoms with Crippen LogP contribution in [0.1, 0.15) is 23.7 Å². The molecule has 0 aliphatic carbocycles. The summed E-state index contributed by atoms with van der Waals surface area (Å²) in [5.41, 5.74) is 0.336. The summed E-state index contributed by atoms with van der Waals surface area (Å²) in [6, 6.07) is 3.24. The van der Waals surface area contributed by atoms with Crippen molar-refractivity contribution >= 4 is 17.8 Å². The number of ether oxygens (including phenoxy) is 1. The summed E-state index contributed by atoms with van der Waals surface area (Å²) >= 11 is 0. The first-order chi connectivity index (χ1) is 8.54. The molecule has 0 aromatic carbocycles. The highest BCUT2D eigenvalue weighted by Gasteiger charge is 2.13. The molecule has 0 amide bonds. The number of esters is 1. The van der Waals surface area contributed by atoms with Gasteiger partial charge in [0, 0.05) is 19.2 Å². The monoisotopic (exact) mass is 252 g/mol. The van der Waals surface area contributed by atoms with Crippen LogP contribution in [0.4, 0.5) is 5.82 Å². The second-order valence-electron chi connectivity index (χ2n) is 3.98. The third kappa shape index (κ3) is 4.04. The molecule has 0 saturated heterocycles. The highest BCUT2D eigenvalue weighted by atomic mass is 16.5. The summed E-state index contributed by atoms with van der Waals surface area (Å²) in [6.45, 7) is 2.23. The highest BCUT2D eigenvalue weighted by Crippen LogP contribution is 2.13. The van der Waals surface area contributed by atoms with Gasteiger partial charge in [0.15, 0.2) is 0 Å². The molecule has 0 aliphatic heterocycles. The molecular weight excluding hydrogens is 236 g/mol. The fourth-order valence-electron chi connectivity index (χ4n) is 1.46. The van der Waals surface area contributed by atoms with Gasteiger partial charge in [-0.1, -0.05) is 6.92 Å². The van der Waals surface area contributed by atoms with E-state index in [1.807, 2.05) is 6.92 Å². The van der Waals surface area contributed by atoms with Gasteiger partial charge < -0.3 is 15.2 Å². The summed E-state index contributed by atoms with van der Waals surface area (Å²) in [5.74, 6) is -0.980. The van der Waals surface area contributed by atoms with Gasteiger partial charge in [0.25, 0.3) is 0 Å². The molecule has 0 fully saturated rings. The van der Waals surface area contributed by atoms with Crippen LogP contribution in [0.5, 0.6) is 0 Å². The van der Waals surface area contributed by atoms with Crippen molar-refractivity contribution in [2.24, 2.45) is 5.92 Å². The number of anilines is 1. The highest BCUT2D eigenvalue weighted by molar-refractivity contribution is 5.94. The van der Waals surface area contributed by atoms with Crippen LogP contribution in [-0.4, -0.2) is 35.7 Å². The van der Waals surface area contributed by atoms with Crippen molar-refractivity contribution in [2.45, 2.75) is 13.3 Å². The Balaban J connectivity index is 2.67. The van der Waals surface area contributed by atoms with Crippen molar-refractivity contribution in [3.8, 4) is 0 Å². The number of hydrogen-bond acceptors (Lipinski definition) is 5. The van der Waals surface area contributed by atoms with E-state index in [0.29, 0.717) is 17.9 Å². The predicted molar refractivity (Wildman–Crippen MR) is 65.5 cm³/mol. The average Bonchev–Trinajstić information content (AvgIpc) is 2.35. The standard InChI is InChI=1S/C12H16N2O4/c1-8(6-10(15)16)7-14-11-9(12(17)18-2)4-3-5-13-11/h3-5,8H,6-7H2,1-2H3,(H,13,14)(H,15,16). The largest absolute Gasteiger partial charge is 0.481 e. The third-order valence-electron chi connectivity index (χ3n) is 2.35. The Morgan fingerprint density at radius 3 is 2.89 bits per heavy atom. The SMILES string of the molecule is COC(=O)c1cccnc1NCC(C)CC(=O)O. The Morgan fingerprint density at radius 1 is 1.56 bits per heavy atom. The van der Waals surface area contributed by atoms with Crippen LogP contribution in [-0.2, 0) is 9.53 Å². The molecule has 0 spiro atoms. The van der Waals surface area contributed by atoms with Gasteiger partial charge in [0.2, 0.25) is 0 Å². The van der Waals surface area contributed by atoms with Crippen molar-refractivity contribution in [3.63, 3.8) is 0 Å². The molecule has 1 heterocycles. The first kappa shape index (κ1) is 14.0. The molecule has 2 N–H and O–H groups in total. The molecule has 1 unspecified atom stereocenters. The summed E-state index contributed by atoms with van der Waals surface area (Å²) in [4.78, 5) is 26.0. The van der Waals surface area contributed by atoms with Crippen LogP contribution in [0.3, 0.4) is 0 Å². The Labute approximate surface area is 105 Å². The average molecular weight is 252 g/mol. The van der Waals surface area contributed by atoms with Crippen molar-refractivity contribution < 1.29 is 19.4 Å². The summed E-state index contributed by atoms with van der Waals surface area (Å²) < 4.78 is 4.64. The minimum absolute atomic E-state index is 0.0602. The van der Waals surface area contributed by atoms with Crippen molar-refractivity contribution in [1.82, 2.24) is 4.98 Å². The number of aromatic nitrogens is 1. The second kappa shape index (κ2) is 6.58. The molecule has 1 aromatic heterocycles. The number of carbonyl (C=O) groups excluding carboxylic acids is 1. The van der Waals surface area contributed by atoms with Gasteiger partial charge in [0.05, 0.1) is 7.11 Å². The van der Waals surface area contributed by atoms with Crippen LogP contribution in [0.2, 0.25) is 0 Å². The number of aliphatic carboxylic acids is 1. The van der Waals surface area contributed by atoms with Crippen molar-refractivity contribution in [2.75, 3.05) is 19.0 Å². The number of hydrogen-bond donors (Lipinski definition) is 2. The van der Waals surface area contributed by atoms with Gasteiger partial charge in [-0.15, -0.1) is 0 Å². The number of carbonyl (C=O) groups is 2. The molecule has 6 heteroatoms. The van der Waals surface area contributed by atoms with E-state index >= 15 is 0 Å². The zero-order chi connectivity index (χ0) is 13.5. The lowest BCUT2D eigenvalue weighted by Gasteiger charge is -2.12. The van der Waals surface area contributed by atoms with Gasteiger partial charge in [-0.25, -0.2) is 9.78 Å². The summed E-state index contributed by atoms with van der Waals surface area (Å²) in [7, 11) is 1.30. The van der Waals surface area contributed by atoms with Crippen LogP contribution < -0.4 is 5.32 Å². The molecule has 1 aromatic rings. The number of pyridine rings is 1. The Kier molecular flexibility index (Phi) is 5.10. The first-order valence-electron chi connectivity index (χ1n) is 5.53. The van der Waals surface area contributed by atoms with Gasteiger partial charge in [-0.3, -0.25) is 4.79 Å². The van der Waals surface area contributed by atoms with E-state index in [-0.39, 0.29) is 12.3 Å². The van der Waals surface area contributed by atoms with E-state index in [4.69, 9.17) is 5.11 Å². The van der Waals surface area contributed by atoms with E-state index in [0.717, 1.165) is 0 Å². The van der Waals surface area contributed by atoms with Gasteiger partial charge >= 0.3 is 11.9 Å². The van der Waals surface area contributed by atoms with E-state index in [1.165, 1.54) is 7.11 Å². The quantitative estimate of drug-likeness (QED) is 0.744. The summed E-state index contributed by atoms with van der Waals surface area (Å²) in [5, 5.41) is 11.6. The number of rotatable bonds is 6. The number of carboxylic acid groups (broad SMARTS) is 1. The Morgan fingerprint density at radius 2 is 2.28 bits per heavy atom. The molecular formula is C12H16N2O4. The minimum atomic E-state index is -0.849. The Hall–Kier alpha value is -2.11. The van der Waals surface area contributed by atoms with E-state index < -0.39 is 11.9 Å². The molecule has 0 bridgehead atoms. The predicted octanol–water partition coefficient (Wildman–Crippen LogP) is 1.39. The molecule has 0 radical (unpaired) electrons. The molecule has 98 valence electrons. The lowest BCUT2D eigenvalue weighted by molar-refractivity contribution is -0.137. The molecule has 1 atom stereocenters. The minimum Gasteiger partial charge on any atom is -0.481 e. The number of methoxy groups -OCH3 is 1. The van der Waals surface area contributed by atoms with E-state index in [2.05, 4.69) is 15.0 Å². The second-order valence-corrected chi connectivity index (χ2v) is 3.98. The number of nitrogens with one attached hydrogen (secondary N) is 1.